The number of anilines is 1. The molecule has 1 aromatic carbocycles. The molecule has 0 aliphatic heterocycles. The minimum absolute atomic E-state index is 0.385. The van der Waals surface area contributed by atoms with E-state index in [-0.39, 0.29) is 5.56 Å². The van der Waals surface area contributed by atoms with Crippen molar-refractivity contribution >= 4 is 5.69 Å². The first kappa shape index (κ1) is 13.9. The van der Waals surface area contributed by atoms with Gasteiger partial charge in [0, 0.05) is 18.7 Å². The molecule has 0 radical (unpaired) electrons. The third-order valence-corrected chi connectivity index (χ3v) is 2.27. The van der Waals surface area contributed by atoms with Gasteiger partial charge in [-0.15, -0.1) is 12.3 Å². The van der Waals surface area contributed by atoms with Gasteiger partial charge < -0.3 is 5.32 Å². The van der Waals surface area contributed by atoms with Gasteiger partial charge in [-0.05, 0) is 24.6 Å². The molecule has 5 heteroatoms. The van der Waals surface area contributed by atoms with Gasteiger partial charge in [-0.3, -0.25) is 0 Å². The average Bonchev–Trinajstić information content (AvgIpc) is 2.33. The third kappa shape index (κ3) is 3.71. The van der Waals surface area contributed by atoms with Crippen LogP contribution in [0.15, 0.2) is 18.2 Å². The van der Waals surface area contributed by atoms with Crippen LogP contribution in [0.2, 0.25) is 0 Å². The number of hydrogen-bond acceptors (Lipinski definition) is 2. The molecule has 0 saturated carbocycles. The first-order chi connectivity index (χ1) is 8.49. The molecule has 18 heavy (non-hydrogen) atoms. The van der Waals surface area contributed by atoms with Crippen molar-refractivity contribution in [3.63, 3.8) is 0 Å². The second kappa shape index (κ2) is 5.97. The lowest BCUT2D eigenvalue weighted by atomic mass is 10.1. The molecule has 0 bridgehead atoms. The van der Waals surface area contributed by atoms with Crippen LogP contribution >= 0.6 is 0 Å². The molecule has 0 aliphatic carbocycles. The number of halogens is 3. The summed E-state index contributed by atoms with van der Waals surface area (Å²) in [7, 11) is 0. The van der Waals surface area contributed by atoms with Gasteiger partial charge in [0.15, 0.2) is 0 Å². The molecule has 1 N–H and O–H groups in total. The SMILES string of the molecule is C#CCCCNc1ccc(C(F)(F)F)c(C#N)c1. The van der Waals surface area contributed by atoms with E-state index in [4.69, 9.17) is 11.7 Å². The van der Waals surface area contributed by atoms with E-state index in [0.29, 0.717) is 18.7 Å². The summed E-state index contributed by atoms with van der Waals surface area (Å²) < 4.78 is 37.6. The second-order valence-electron chi connectivity index (χ2n) is 3.60. The molecule has 0 saturated heterocycles. The fourth-order valence-corrected chi connectivity index (χ4v) is 1.42. The van der Waals surface area contributed by atoms with Crippen LogP contribution < -0.4 is 5.32 Å². The highest BCUT2D eigenvalue weighted by Crippen LogP contribution is 2.32. The van der Waals surface area contributed by atoms with Crippen LogP contribution in [0.4, 0.5) is 18.9 Å². The molecule has 94 valence electrons. The van der Waals surface area contributed by atoms with Crippen LogP contribution in [-0.4, -0.2) is 6.54 Å². The summed E-state index contributed by atoms with van der Waals surface area (Å²) in [5.74, 6) is 2.46. The highest BCUT2D eigenvalue weighted by atomic mass is 19.4. The Morgan fingerprint density at radius 3 is 2.61 bits per heavy atom. The number of benzene rings is 1. The first-order valence-corrected chi connectivity index (χ1v) is 5.27. The van der Waals surface area contributed by atoms with Crippen LogP contribution in [0, 0.1) is 23.7 Å². The largest absolute Gasteiger partial charge is 0.417 e. The van der Waals surface area contributed by atoms with Crippen molar-refractivity contribution in [2.75, 3.05) is 11.9 Å². The Labute approximate surface area is 103 Å². The Kier molecular flexibility index (Phi) is 4.62. The van der Waals surface area contributed by atoms with E-state index >= 15 is 0 Å². The van der Waals surface area contributed by atoms with E-state index in [1.807, 2.05) is 0 Å². The highest BCUT2D eigenvalue weighted by molar-refractivity contribution is 5.53. The number of terminal acetylenes is 1. The van der Waals surface area contributed by atoms with Crippen LogP contribution in [0.25, 0.3) is 0 Å². The van der Waals surface area contributed by atoms with Gasteiger partial charge in [0.1, 0.15) is 0 Å². The fraction of sp³-hybridized carbons (Fsp3) is 0.308. The van der Waals surface area contributed by atoms with E-state index in [1.165, 1.54) is 12.1 Å². The number of nitrogens with one attached hydrogen (secondary N) is 1. The quantitative estimate of drug-likeness (QED) is 0.658. The molecule has 0 aromatic heterocycles. The highest BCUT2D eigenvalue weighted by Gasteiger charge is 2.33. The van der Waals surface area contributed by atoms with Crippen LogP contribution in [0.5, 0.6) is 0 Å². The molecular weight excluding hydrogens is 241 g/mol. The van der Waals surface area contributed by atoms with Gasteiger partial charge >= 0.3 is 6.18 Å². The second-order valence-corrected chi connectivity index (χ2v) is 3.60. The maximum atomic E-state index is 12.5. The lowest BCUT2D eigenvalue weighted by Crippen LogP contribution is -2.09. The predicted octanol–water partition coefficient (Wildman–Crippen LogP) is 3.40. The number of nitriles is 1. The minimum atomic E-state index is -4.51. The zero-order valence-electron chi connectivity index (χ0n) is 9.51. The number of alkyl halides is 3. The molecule has 0 atom stereocenters. The van der Waals surface area contributed by atoms with Crippen molar-refractivity contribution in [1.29, 1.82) is 5.26 Å². The minimum Gasteiger partial charge on any atom is -0.385 e. The summed E-state index contributed by atoms with van der Waals surface area (Å²) in [6, 6.07) is 4.95. The summed E-state index contributed by atoms with van der Waals surface area (Å²) in [6.45, 7) is 0.556. The Balaban J connectivity index is 2.81. The van der Waals surface area contributed by atoms with Gasteiger partial charge in [0.05, 0.1) is 17.2 Å². The van der Waals surface area contributed by atoms with Crippen LogP contribution in [-0.2, 0) is 6.18 Å². The zero-order valence-corrected chi connectivity index (χ0v) is 9.51. The summed E-state index contributed by atoms with van der Waals surface area (Å²) >= 11 is 0. The molecule has 0 fully saturated rings. The number of unbranched alkanes of at least 4 members (excludes halogenated alkanes) is 1. The molecule has 0 amide bonds. The van der Waals surface area contributed by atoms with Crippen molar-refractivity contribution < 1.29 is 13.2 Å². The van der Waals surface area contributed by atoms with Gasteiger partial charge in [0.2, 0.25) is 0 Å². The molecule has 0 heterocycles. The van der Waals surface area contributed by atoms with Crippen molar-refractivity contribution in [2.24, 2.45) is 0 Å². The third-order valence-electron chi connectivity index (χ3n) is 2.27. The van der Waals surface area contributed by atoms with Gasteiger partial charge in [-0.25, -0.2) is 0 Å². The van der Waals surface area contributed by atoms with E-state index in [9.17, 15) is 13.2 Å². The molecule has 1 rings (SSSR count). The first-order valence-electron chi connectivity index (χ1n) is 5.27. The van der Waals surface area contributed by atoms with Crippen molar-refractivity contribution in [3.8, 4) is 18.4 Å². The van der Waals surface area contributed by atoms with E-state index < -0.39 is 11.7 Å². The van der Waals surface area contributed by atoms with Crippen molar-refractivity contribution in [1.82, 2.24) is 0 Å². The van der Waals surface area contributed by atoms with Gasteiger partial charge in [0.25, 0.3) is 0 Å². The monoisotopic (exact) mass is 252 g/mol. The van der Waals surface area contributed by atoms with Crippen LogP contribution in [0.3, 0.4) is 0 Å². The fourth-order valence-electron chi connectivity index (χ4n) is 1.42. The Morgan fingerprint density at radius 2 is 2.06 bits per heavy atom. The normalized spacial score (nSPS) is 10.5. The van der Waals surface area contributed by atoms with E-state index in [2.05, 4.69) is 11.2 Å². The zero-order chi connectivity index (χ0) is 13.6. The number of hydrogen-bond donors (Lipinski definition) is 1. The van der Waals surface area contributed by atoms with E-state index in [0.717, 1.165) is 12.5 Å². The Hall–Kier alpha value is -2.14. The standard InChI is InChI=1S/C13H11F3N2/c1-2-3-4-7-18-11-5-6-12(13(14,15)16)10(8-11)9-17/h1,5-6,8,18H,3-4,7H2. The summed E-state index contributed by atoms with van der Waals surface area (Å²) in [6.07, 6.45) is 1.89. The average molecular weight is 252 g/mol. The summed E-state index contributed by atoms with van der Waals surface area (Å²) in [4.78, 5) is 0. The smallest absolute Gasteiger partial charge is 0.385 e. The topological polar surface area (TPSA) is 35.8 Å². The summed E-state index contributed by atoms with van der Waals surface area (Å²) in [5, 5.41) is 11.6. The van der Waals surface area contributed by atoms with E-state index in [1.54, 1.807) is 6.07 Å². The molecule has 1 aromatic rings. The maximum absolute atomic E-state index is 12.5. The number of rotatable bonds is 4. The molecule has 0 unspecified atom stereocenters. The number of nitrogens with zero attached hydrogens (tertiary/aromatic N) is 1. The molecular formula is C13H11F3N2. The maximum Gasteiger partial charge on any atom is 0.417 e. The molecule has 2 nitrogen and oxygen atoms in total. The van der Waals surface area contributed by atoms with Crippen LogP contribution in [0.1, 0.15) is 24.0 Å². The predicted molar refractivity (Wildman–Crippen MR) is 62.7 cm³/mol. The van der Waals surface area contributed by atoms with Crippen molar-refractivity contribution in [2.45, 2.75) is 19.0 Å². The Morgan fingerprint density at radius 1 is 1.33 bits per heavy atom. The lowest BCUT2D eigenvalue weighted by molar-refractivity contribution is -0.137. The Bertz CT molecular complexity index is 492. The summed E-state index contributed by atoms with van der Waals surface area (Å²) in [5.41, 5.74) is -0.819. The lowest BCUT2D eigenvalue weighted by Gasteiger charge is -2.11. The van der Waals surface area contributed by atoms with Gasteiger partial charge in [-0.2, -0.15) is 18.4 Å². The van der Waals surface area contributed by atoms with Crippen molar-refractivity contribution in [3.05, 3.63) is 29.3 Å². The molecule has 0 spiro atoms. The molecule has 0 aliphatic rings. The van der Waals surface area contributed by atoms with Gasteiger partial charge in [-0.1, -0.05) is 0 Å².